The number of aliphatic hydroxyl groups is 4. The molecule has 22 nitrogen and oxygen atoms in total. The molecule has 2 aliphatic heterocycles. The molecular formula is C23H31N8NaO14P2. The van der Waals surface area contributed by atoms with E-state index >= 15 is 0 Å². The van der Waals surface area contributed by atoms with E-state index in [4.69, 9.17) is 20.9 Å². The number of hydrogen-bond acceptors (Lipinski definition) is 19. The second-order valence-electron chi connectivity index (χ2n) is 10.7. The Balaban J connectivity index is 0.00000520. The van der Waals surface area contributed by atoms with Gasteiger partial charge in [-0.05, 0) is 6.07 Å². The first-order valence-electron chi connectivity index (χ1n) is 13.6. The van der Waals surface area contributed by atoms with Crippen molar-refractivity contribution in [3.8, 4) is 0 Å². The van der Waals surface area contributed by atoms with E-state index in [-0.39, 0.29) is 58.1 Å². The van der Waals surface area contributed by atoms with Gasteiger partial charge in [0.2, 0.25) is 5.95 Å². The van der Waals surface area contributed by atoms with Crippen LogP contribution in [-0.2, 0) is 32.0 Å². The average Bonchev–Trinajstić information content (AvgIpc) is 3.62. The van der Waals surface area contributed by atoms with E-state index in [2.05, 4.69) is 28.3 Å². The Morgan fingerprint density at radius 1 is 1.04 bits per heavy atom. The van der Waals surface area contributed by atoms with Gasteiger partial charge in [0.15, 0.2) is 41.7 Å². The Hall–Kier alpha value is -2.21. The third kappa shape index (κ3) is 8.05. The van der Waals surface area contributed by atoms with Crippen LogP contribution in [0.25, 0.3) is 11.2 Å². The van der Waals surface area contributed by atoms with Crippen molar-refractivity contribution in [1.82, 2.24) is 19.5 Å². The molecule has 3 aromatic heterocycles. The van der Waals surface area contributed by atoms with Crippen LogP contribution >= 0.6 is 15.6 Å². The number of fused-ring (bicyclic) bond motifs is 1. The molecule has 3 aromatic rings. The number of ether oxygens (including phenoxy) is 2. The number of anilines is 2. The Bertz CT molecular complexity index is 1740. The first-order valence-corrected chi connectivity index (χ1v) is 16.5. The number of nitrogens with zero attached hydrogens (tertiary/aromatic N) is 6. The first kappa shape index (κ1) is 38.6. The number of nitrogen functional groups attached to an aromatic ring is 1. The fraction of sp³-hybridized carbons (Fsp3) is 0.522. The average molecular weight is 728 g/mol. The molecule has 8 N–H and O–H groups in total. The van der Waals surface area contributed by atoms with Gasteiger partial charge >= 0.3 is 29.6 Å². The second kappa shape index (κ2) is 15.0. The molecule has 48 heavy (non-hydrogen) atoms. The Kier molecular flexibility index (Phi) is 12.0. The molecule has 258 valence electrons. The van der Waals surface area contributed by atoms with Crippen LogP contribution in [0.3, 0.4) is 0 Å². The summed E-state index contributed by atoms with van der Waals surface area (Å²) in [6.45, 7) is -2.00. The molecule has 1 amide bonds. The van der Waals surface area contributed by atoms with Crippen molar-refractivity contribution < 1.29 is 101 Å². The van der Waals surface area contributed by atoms with Gasteiger partial charge < -0.3 is 65.1 Å². The Morgan fingerprint density at radius 3 is 2.25 bits per heavy atom. The minimum absolute atomic E-state index is 0. The first-order chi connectivity index (χ1) is 22.0. The quantitative estimate of drug-likeness (QED) is 0.0573. The van der Waals surface area contributed by atoms with Gasteiger partial charge in [0.1, 0.15) is 42.4 Å². The predicted octanol–water partition coefficient (Wildman–Crippen LogP) is -7.21. The molecule has 5 heterocycles. The summed E-state index contributed by atoms with van der Waals surface area (Å²) in [7, 11) is -8.17. The topological polar surface area (TPSA) is 327 Å². The molecule has 0 radical (unpaired) electrons. The standard InChI is InChI=1S/C23H32N8O14P2.Na/c1-29(2)23-28-13-18(24)26-9-27-20(13)31(23)22-17(35)15(33)12(44-22)8-42-47(39,40)45-46(37,38)41-7-11-14(32)16(34)21(43-11)30-5-3-4-10(6-30)19(25)36;/h3-6,9,11-12,14-17,21-22,32-35H,7-8H2,1-2H3,(H5-,24,25,26,27,36,37,38,39,40);/q;+1/p-1/t11-,12-,14-,15-,16-,17-,21-,22-;/m1./s1. The molecule has 0 aliphatic carbocycles. The third-order valence-corrected chi connectivity index (χ3v) is 9.74. The third-order valence-electron chi connectivity index (χ3n) is 7.21. The number of aromatic nitrogens is 5. The number of imidazole rings is 1. The van der Waals surface area contributed by atoms with Gasteiger partial charge in [-0.3, -0.25) is 18.5 Å². The molecule has 2 fully saturated rings. The summed E-state index contributed by atoms with van der Waals surface area (Å²) in [5, 5.41) is 42.1. The van der Waals surface area contributed by atoms with Crippen LogP contribution in [0.2, 0.25) is 0 Å². The smallest absolute Gasteiger partial charge is 0.756 e. The number of nitrogens with two attached hydrogens (primary N) is 2. The van der Waals surface area contributed by atoms with Crippen molar-refractivity contribution in [2.75, 3.05) is 37.9 Å². The molecule has 2 unspecified atom stereocenters. The van der Waals surface area contributed by atoms with Crippen molar-refractivity contribution in [2.24, 2.45) is 5.73 Å². The summed E-state index contributed by atoms with van der Waals surface area (Å²) in [4.78, 5) is 50.1. The van der Waals surface area contributed by atoms with Gasteiger partial charge in [-0.2, -0.15) is 4.57 Å². The molecule has 10 atom stereocenters. The van der Waals surface area contributed by atoms with E-state index < -0.39 is 83.8 Å². The van der Waals surface area contributed by atoms with Crippen molar-refractivity contribution in [3.05, 3.63) is 36.4 Å². The zero-order valence-corrected chi connectivity index (χ0v) is 29.3. The van der Waals surface area contributed by atoms with Gasteiger partial charge in [-0.25, -0.2) is 19.3 Å². The number of rotatable bonds is 12. The van der Waals surface area contributed by atoms with Crippen molar-refractivity contribution in [3.63, 3.8) is 0 Å². The van der Waals surface area contributed by atoms with Gasteiger partial charge in [0, 0.05) is 20.2 Å². The van der Waals surface area contributed by atoms with E-state index in [0.717, 1.165) is 6.33 Å². The van der Waals surface area contributed by atoms with Crippen LogP contribution in [0.5, 0.6) is 0 Å². The zero-order valence-electron chi connectivity index (χ0n) is 25.5. The van der Waals surface area contributed by atoms with Crippen molar-refractivity contribution in [1.29, 1.82) is 0 Å². The van der Waals surface area contributed by atoms with E-state index in [0.29, 0.717) is 0 Å². The molecule has 5 rings (SSSR count). The fourth-order valence-electron chi connectivity index (χ4n) is 4.95. The van der Waals surface area contributed by atoms with Crippen LogP contribution < -0.4 is 60.3 Å². The number of primary amides is 1. The Morgan fingerprint density at radius 2 is 1.65 bits per heavy atom. The predicted molar refractivity (Wildman–Crippen MR) is 149 cm³/mol. The second-order valence-corrected chi connectivity index (χ2v) is 13.6. The largest absolute Gasteiger partial charge is 1.00 e. The zero-order chi connectivity index (χ0) is 34.4. The minimum Gasteiger partial charge on any atom is -0.756 e. The van der Waals surface area contributed by atoms with E-state index in [9.17, 15) is 44.1 Å². The maximum atomic E-state index is 12.4. The fourth-order valence-corrected chi connectivity index (χ4v) is 6.97. The summed E-state index contributed by atoms with van der Waals surface area (Å²) >= 11 is 0. The number of aliphatic hydroxyl groups excluding tert-OH is 4. The summed E-state index contributed by atoms with van der Waals surface area (Å²) in [6, 6.07) is 2.81. The monoisotopic (exact) mass is 728 g/mol. The van der Waals surface area contributed by atoms with Crippen LogP contribution in [-0.4, -0.2) is 110 Å². The number of pyridine rings is 1. The molecule has 0 aromatic carbocycles. The van der Waals surface area contributed by atoms with Gasteiger partial charge in [-0.15, -0.1) is 0 Å². The van der Waals surface area contributed by atoms with Gasteiger partial charge in [0.25, 0.3) is 27.8 Å². The SMILES string of the molecule is CN(C)c1nc2c(N)ncnc2n1[C@@H]1O[C@H](COP(=O)([O-])OP(=O)([O-])OC[C@H]2O[C@@H]([n+]3cccc(C(N)=O)c3)[C@H](O)[C@@H]2O)[C@@H](O)[C@H]1O.[Na+]. The molecule has 0 spiro atoms. The van der Waals surface area contributed by atoms with E-state index in [1.165, 1.54) is 38.6 Å². The maximum absolute atomic E-state index is 12.4. The van der Waals surface area contributed by atoms with Crippen molar-refractivity contribution >= 4 is 44.5 Å². The number of carbonyl (C=O) groups excluding carboxylic acids is 1. The van der Waals surface area contributed by atoms with Crippen LogP contribution in [0.4, 0.5) is 11.8 Å². The van der Waals surface area contributed by atoms with Crippen LogP contribution in [0, 0.1) is 0 Å². The number of amides is 1. The summed E-state index contributed by atoms with van der Waals surface area (Å²) < 4.78 is 51.7. The van der Waals surface area contributed by atoms with Crippen LogP contribution in [0.15, 0.2) is 30.9 Å². The van der Waals surface area contributed by atoms with Gasteiger partial charge in [-0.1, -0.05) is 0 Å². The Labute approximate surface area is 293 Å². The number of phosphoric ester groups is 2. The summed E-state index contributed by atoms with van der Waals surface area (Å²) in [5.74, 6) is -0.561. The van der Waals surface area contributed by atoms with Gasteiger partial charge in [0.05, 0.1) is 13.2 Å². The van der Waals surface area contributed by atoms with E-state index in [1.54, 1.807) is 14.1 Å². The molecule has 2 saturated heterocycles. The normalized spacial score (nSPS) is 29.7. The van der Waals surface area contributed by atoms with Crippen molar-refractivity contribution in [2.45, 2.75) is 49.1 Å². The molecule has 0 bridgehead atoms. The summed E-state index contributed by atoms with van der Waals surface area (Å²) in [5.41, 5.74) is 11.5. The number of hydrogen-bond donors (Lipinski definition) is 6. The molecule has 25 heteroatoms. The van der Waals surface area contributed by atoms with E-state index in [1.807, 2.05) is 0 Å². The molecular weight excluding hydrogens is 697 g/mol. The number of phosphoric acid groups is 2. The molecule has 2 aliphatic rings. The number of carbonyl (C=O) groups is 1. The summed E-state index contributed by atoms with van der Waals surface area (Å²) in [6.07, 6.45) is -8.64. The van der Waals surface area contributed by atoms with Crippen LogP contribution in [0.1, 0.15) is 22.8 Å². The minimum atomic E-state index is -5.72. The molecule has 0 saturated carbocycles. The maximum Gasteiger partial charge on any atom is 1.00 e.